The van der Waals surface area contributed by atoms with E-state index in [1.165, 1.54) is 29.7 Å². The first-order valence-corrected chi connectivity index (χ1v) is 6.21. The monoisotopic (exact) mass is 282 g/mol. The number of benzene rings is 1. The Bertz CT molecular complexity index is 742. The highest BCUT2D eigenvalue weighted by atomic mass is 35.5. The molecule has 0 aliphatic carbocycles. The number of hydrogen-bond acceptors (Lipinski definition) is 3. The molecular weight excluding hydrogens is 278 g/mol. The van der Waals surface area contributed by atoms with Crippen molar-refractivity contribution in [2.45, 2.75) is 0 Å². The van der Waals surface area contributed by atoms with Crippen molar-refractivity contribution in [3.05, 3.63) is 47.2 Å². The lowest BCUT2D eigenvalue weighted by Gasteiger charge is -1.98. The van der Waals surface area contributed by atoms with Gasteiger partial charge in [-0.1, -0.05) is 17.7 Å². The second-order valence-corrected chi connectivity index (χ2v) is 4.93. The number of rotatable bonds is 1. The predicted molar refractivity (Wildman–Crippen MR) is 67.8 cm³/mol. The standard InChI is InChI=1S/C12H5ClF2N2S/c13-11-10-8(4-5-16-11)17-12(18-10)6-2-1-3-7(14)9(6)15/h1-5H. The van der Waals surface area contributed by atoms with Crippen LogP contribution in [-0.4, -0.2) is 9.97 Å². The van der Waals surface area contributed by atoms with Crippen molar-refractivity contribution in [3.63, 3.8) is 0 Å². The van der Waals surface area contributed by atoms with Gasteiger partial charge in [0.1, 0.15) is 10.2 Å². The summed E-state index contributed by atoms with van der Waals surface area (Å²) in [6, 6.07) is 5.68. The highest BCUT2D eigenvalue weighted by Crippen LogP contribution is 2.34. The maximum absolute atomic E-state index is 13.7. The number of hydrogen-bond donors (Lipinski definition) is 0. The molecule has 0 saturated heterocycles. The Morgan fingerprint density at radius 2 is 2.00 bits per heavy atom. The molecule has 0 radical (unpaired) electrons. The molecule has 18 heavy (non-hydrogen) atoms. The quantitative estimate of drug-likeness (QED) is 0.622. The van der Waals surface area contributed by atoms with Crippen LogP contribution < -0.4 is 0 Å². The molecule has 0 spiro atoms. The van der Waals surface area contributed by atoms with Crippen molar-refractivity contribution in [2.24, 2.45) is 0 Å². The molecule has 0 aliphatic rings. The highest BCUT2D eigenvalue weighted by molar-refractivity contribution is 7.22. The molecule has 2 heterocycles. The number of fused-ring (bicyclic) bond motifs is 1. The highest BCUT2D eigenvalue weighted by Gasteiger charge is 2.15. The van der Waals surface area contributed by atoms with Crippen molar-refractivity contribution in [3.8, 4) is 10.6 Å². The van der Waals surface area contributed by atoms with Gasteiger partial charge >= 0.3 is 0 Å². The zero-order valence-electron chi connectivity index (χ0n) is 8.82. The van der Waals surface area contributed by atoms with Gasteiger partial charge in [0, 0.05) is 11.8 Å². The van der Waals surface area contributed by atoms with E-state index in [9.17, 15) is 8.78 Å². The average molecular weight is 283 g/mol. The van der Waals surface area contributed by atoms with Gasteiger partial charge in [-0.3, -0.25) is 0 Å². The topological polar surface area (TPSA) is 25.8 Å². The fourth-order valence-electron chi connectivity index (χ4n) is 1.61. The Hall–Kier alpha value is -1.59. The Morgan fingerprint density at radius 1 is 1.17 bits per heavy atom. The lowest BCUT2D eigenvalue weighted by molar-refractivity contribution is 0.511. The number of aromatic nitrogens is 2. The molecule has 0 saturated carbocycles. The van der Waals surface area contributed by atoms with Gasteiger partial charge in [-0.15, -0.1) is 11.3 Å². The second kappa shape index (κ2) is 4.26. The van der Waals surface area contributed by atoms with E-state index >= 15 is 0 Å². The number of thiazole rings is 1. The van der Waals surface area contributed by atoms with Crippen molar-refractivity contribution in [1.29, 1.82) is 0 Å². The minimum atomic E-state index is -0.902. The van der Waals surface area contributed by atoms with Crippen molar-refractivity contribution in [1.82, 2.24) is 9.97 Å². The van der Waals surface area contributed by atoms with Crippen LogP contribution in [0.15, 0.2) is 30.5 Å². The maximum atomic E-state index is 13.7. The summed E-state index contributed by atoms with van der Waals surface area (Å²) in [7, 11) is 0. The van der Waals surface area contributed by atoms with E-state index in [0.717, 1.165) is 6.07 Å². The minimum absolute atomic E-state index is 0.132. The summed E-state index contributed by atoms with van der Waals surface area (Å²) in [5, 5.41) is 0.699. The third-order valence-electron chi connectivity index (χ3n) is 2.44. The van der Waals surface area contributed by atoms with Gasteiger partial charge in [0.25, 0.3) is 0 Å². The van der Waals surface area contributed by atoms with Crippen molar-refractivity contribution in [2.75, 3.05) is 0 Å². The molecule has 90 valence electrons. The van der Waals surface area contributed by atoms with Crippen LogP contribution in [-0.2, 0) is 0 Å². The first-order valence-electron chi connectivity index (χ1n) is 5.02. The Morgan fingerprint density at radius 3 is 2.78 bits per heavy atom. The van der Waals surface area contributed by atoms with Crippen LogP contribution in [0.25, 0.3) is 20.8 Å². The lowest BCUT2D eigenvalue weighted by Crippen LogP contribution is -1.87. The summed E-state index contributed by atoms with van der Waals surface area (Å²) in [4.78, 5) is 8.16. The predicted octanol–water partition coefficient (Wildman–Crippen LogP) is 4.29. The molecule has 3 aromatic rings. The van der Waals surface area contributed by atoms with E-state index in [-0.39, 0.29) is 5.56 Å². The van der Waals surface area contributed by atoms with E-state index in [4.69, 9.17) is 11.6 Å². The first-order chi connectivity index (χ1) is 8.66. The fourth-order valence-corrected chi connectivity index (χ4v) is 2.84. The minimum Gasteiger partial charge on any atom is -0.243 e. The first kappa shape index (κ1) is 11.5. The van der Waals surface area contributed by atoms with Crippen LogP contribution in [0.1, 0.15) is 0 Å². The zero-order chi connectivity index (χ0) is 12.7. The molecule has 0 N–H and O–H groups in total. The lowest BCUT2D eigenvalue weighted by atomic mass is 10.2. The van der Waals surface area contributed by atoms with Gasteiger partial charge in [-0.25, -0.2) is 18.7 Å². The number of halogens is 3. The maximum Gasteiger partial charge on any atom is 0.169 e. The van der Waals surface area contributed by atoms with E-state index in [1.54, 1.807) is 6.07 Å². The Balaban J connectivity index is 2.26. The summed E-state index contributed by atoms with van der Waals surface area (Å²) in [5.74, 6) is -1.79. The van der Waals surface area contributed by atoms with Crippen LogP contribution in [0.5, 0.6) is 0 Å². The van der Waals surface area contributed by atoms with E-state index in [2.05, 4.69) is 9.97 Å². The molecule has 6 heteroatoms. The van der Waals surface area contributed by atoms with E-state index < -0.39 is 11.6 Å². The SMILES string of the molecule is Fc1cccc(-c2nc3ccnc(Cl)c3s2)c1F. The van der Waals surface area contributed by atoms with E-state index in [1.807, 2.05) is 0 Å². The van der Waals surface area contributed by atoms with E-state index in [0.29, 0.717) is 20.4 Å². The van der Waals surface area contributed by atoms with Crippen molar-refractivity contribution >= 4 is 33.2 Å². The van der Waals surface area contributed by atoms with Crippen molar-refractivity contribution < 1.29 is 8.78 Å². The largest absolute Gasteiger partial charge is 0.243 e. The Labute approximate surface area is 110 Å². The van der Waals surface area contributed by atoms with Crippen LogP contribution in [0, 0.1) is 11.6 Å². The summed E-state index contributed by atoms with van der Waals surface area (Å²) in [6.07, 6.45) is 1.52. The van der Waals surface area contributed by atoms with Gasteiger partial charge < -0.3 is 0 Å². The molecule has 2 nitrogen and oxygen atoms in total. The summed E-state index contributed by atoms with van der Waals surface area (Å²) in [6.45, 7) is 0. The molecular formula is C12H5ClF2N2S. The summed E-state index contributed by atoms with van der Waals surface area (Å²) in [5.41, 5.74) is 0.755. The molecule has 2 aromatic heterocycles. The van der Waals surface area contributed by atoms with Crippen LogP contribution in [0.3, 0.4) is 0 Å². The fraction of sp³-hybridized carbons (Fsp3) is 0. The summed E-state index contributed by atoms with van der Waals surface area (Å²) >= 11 is 7.11. The van der Waals surface area contributed by atoms with Gasteiger partial charge in [-0.05, 0) is 18.2 Å². The molecule has 0 unspecified atom stereocenters. The molecule has 0 bridgehead atoms. The molecule has 0 amide bonds. The van der Waals surface area contributed by atoms with Crippen LogP contribution >= 0.6 is 22.9 Å². The van der Waals surface area contributed by atoms with Crippen LogP contribution in [0.2, 0.25) is 5.15 Å². The third-order valence-corrected chi connectivity index (χ3v) is 3.95. The number of nitrogens with zero attached hydrogens (tertiary/aromatic N) is 2. The molecule has 3 rings (SSSR count). The zero-order valence-corrected chi connectivity index (χ0v) is 10.4. The van der Waals surface area contributed by atoms with Gasteiger partial charge in [-0.2, -0.15) is 0 Å². The third kappa shape index (κ3) is 1.76. The van der Waals surface area contributed by atoms with Crippen LogP contribution in [0.4, 0.5) is 8.78 Å². The smallest absolute Gasteiger partial charge is 0.169 e. The average Bonchev–Trinajstić information content (AvgIpc) is 2.78. The molecule has 0 fully saturated rings. The van der Waals surface area contributed by atoms with Gasteiger partial charge in [0.15, 0.2) is 11.6 Å². The molecule has 1 aromatic carbocycles. The Kier molecular flexibility index (Phi) is 2.72. The second-order valence-electron chi connectivity index (χ2n) is 3.57. The summed E-state index contributed by atoms with van der Waals surface area (Å²) < 4.78 is 27.5. The molecule has 0 atom stereocenters. The van der Waals surface area contributed by atoms with Gasteiger partial charge in [0.2, 0.25) is 0 Å². The van der Waals surface area contributed by atoms with Gasteiger partial charge in [0.05, 0.1) is 10.2 Å². The normalized spacial score (nSPS) is 11.1. The number of pyridine rings is 1. The molecule has 0 aliphatic heterocycles.